The van der Waals surface area contributed by atoms with E-state index in [-0.39, 0.29) is 12.2 Å². The van der Waals surface area contributed by atoms with E-state index in [2.05, 4.69) is 13.5 Å². The average Bonchev–Trinajstić information content (AvgIpc) is 2.45. The van der Waals surface area contributed by atoms with Gasteiger partial charge in [0.15, 0.2) is 0 Å². The largest absolute Gasteiger partial charge is 0.373 e. The molecule has 1 rings (SSSR count). The van der Waals surface area contributed by atoms with Crippen LogP contribution in [-0.2, 0) is 9.53 Å². The Labute approximate surface area is 126 Å². The van der Waals surface area contributed by atoms with Crippen molar-refractivity contribution in [2.75, 3.05) is 6.61 Å². The van der Waals surface area contributed by atoms with E-state index in [1.165, 1.54) is 51.4 Å². The van der Waals surface area contributed by atoms with Gasteiger partial charge in [-0.1, -0.05) is 64.9 Å². The molecule has 0 amide bonds. The Morgan fingerprint density at radius 2 is 1.80 bits per heavy atom. The summed E-state index contributed by atoms with van der Waals surface area (Å²) in [7, 11) is 0. The molecular formula is C18H32O2. The number of hydrogen-bond acceptors (Lipinski definition) is 2. The number of carbonyl (C=O) groups is 1. The van der Waals surface area contributed by atoms with Crippen molar-refractivity contribution in [3.8, 4) is 0 Å². The van der Waals surface area contributed by atoms with E-state index in [9.17, 15) is 4.79 Å². The van der Waals surface area contributed by atoms with E-state index < -0.39 is 6.08 Å². The standard InChI is InChI=1S/C18H32O2/c1-3-4-5-6-7-8-9-10-11-12-16(2)18-15-17(19)13-14-20-18/h18H,2-15H2,1H3/i18D. The first kappa shape index (κ1) is 15.8. The van der Waals surface area contributed by atoms with Gasteiger partial charge in [0.25, 0.3) is 0 Å². The van der Waals surface area contributed by atoms with Crippen LogP contribution in [0.2, 0.25) is 0 Å². The molecule has 0 aromatic rings. The van der Waals surface area contributed by atoms with Crippen LogP contribution in [0.4, 0.5) is 0 Å². The molecule has 0 saturated carbocycles. The summed E-state index contributed by atoms with van der Waals surface area (Å²) in [4.78, 5) is 11.5. The summed E-state index contributed by atoms with van der Waals surface area (Å²) in [5.41, 5.74) is 0.776. The minimum absolute atomic E-state index is 0.129. The second-order valence-corrected chi connectivity index (χ2v) is 5.92. The van der Waals surface area contributed by atoms with Gasteiger partial charge < -0.3 is 4.74 Å². The molecule has 2 heteroatoms. The highest BCUT2D eigenvalue weighted by molar-refractivity contribution is 5.80. The maximum absolute atomic E-state index is 11.5. The monoisotopic (exact) mass is 281 g/mol. The van der Waals surface area contributed by atoms with E-state index in [1.807, 2.05) is 0 Å². The smallest absolute Gasteiger partial charge is 0.138 e. The summed E-state index contributed by atoms with van der Waals surface area (Å²) < 4.78 is 13.7. The molecule has 1 aliphatic heterocycles. The van der Waals surface area contributed by atoms with Gasteiger partial charge in [-0.2, -0.15) is 0 Å². The first-order chi connectivity index (χ1) is 10.1. The molecule has 0 N–H and O–H groups in total. The highest BCUT2D eigenvalue weighted by atomic mass is 16.5. The van der Waals surface area contributed by atoms with Crippen LogP contribution in [0.1, 0.15) is 85.3 Å². The van der Waals surface area contributed by atoms with Gasteiger partial charge in [-0.05, 0) is 18.4 Å². The van der Waals surface area contributed by atoms with Gasteiger partial charge in [0.2, 0.25) is 0 Å². The molecule has 0 bridgehead atoms. The van der Waals surface area contributed by atoms with E-state index >= 15 is 0 Å². The first-order valence-corrected chi connectivity index (χ1v) is 8.42. The minimum atomic E-state index is -1.14. The van der Waals surface area contributed by atoms with Gasteiger partial charge in [-0.15, -0.1) is 0 Å². The van der Waals surface area contributed by atoms with Crippen LogP contribution in [0.15, 0.2) is 12.2 Å². The Morgan fingerprint density at radius 1 is 1.20 bits per heavy atom. The van der Waals surface area contributed by atoms with Gasteiger partial charge in [0.1, 0.15) is 5.78 Å². The topological polar surface area (TPSA) is 26.3 Å². The summed E-state index contributed by atoms with van der Waals surface area (Å²) in [6.45, 7) is 6.61. The maximum Gasteiger partial charge on any atom is 0.138 e. The Balaban J connectivity index is 2.04. The number of Topliss-reactive ketones (excluding diaryl/α,β-unsaturated/α-hetero) is 1. The molecule has 0 aromatic heterocycles. The summed E-state index contributed by atoms with van der Waals surface area (Å²) in [5.74, 6) is 0.129. The maximum atomic E-state index is 11.5. The summed E-state index contributed by atoms with van der Waals surface area (Å²) in [6.07, 6.45) is 11.9. The zero-order valence-corrected chi connectivity index (χ0v) is 13.2. The fourth-order valence-corrected chi connectivity index (χ4v) is 2.62. The number of hydrogen-bond donors (Lipinski definition) is 0. The molecule has 0 aliphatic carbocycles. The zero-order chi connectivity index (χ0) is 15.6. The highest BCUT2D eigenvalue weighted by Gasteiger charge is 2.21. The van der Waals surface area contributed by atoms with Crippen LogP contribution < -0.4 is 0 Å². The van der Waals surface area contributed by atoms with Crippen molar-refractivity contribution in [2.45, 2.75) is 90.1 Å². The van der Waals surface area contributed by atoms with Crippen LogP contribution in [-0.4, -0.2) is 18.5 Å². The van der Waals surface area contributed by atoms with Crippen molar-refractivity contribution in [3.63, 3.8) is 0 Å². The molecule has 0 spiro atoms. The molecule has 1 atom stereocenters. The molecule has 1 heterocycles. The number of ketones is 1. The Morgan fingerprint density at radius 3 is 2.40 bits per heavy atom. The average molecular weight is 281 g/mol. The van der Waals surface area contributed by atoms with Crippen molar-refractivity contribution >= 4 is 5.78 Å². The van der Waals surface area contributed by atoms with Crippen molar-refractivity contribution in [2.24, 2.45) is 0 Å². The quantitative estimate of drug-likeness (QED) is 0.384. The second kappa shape index (κ2) is 11.1. The first-order valence-electron chi connectivity index (χ1n) is 8.92. The summed E-state index contributed by atoms with van der Waals surface area (Å²) in [6, 6.07) is 0. The molecule has 1 saturated heterocycles. The lowest BCUT2D eigenvalue weighted by atomic mass is 9.97. The van der Waals surface area contributed by atoms with E-state index in [0.29, 0.717) is 13.0 Å². The third-order valence-corrected chi connectivity index (χ3v) is 3.99. The minimum Gasteiger partial charge on any atom is -0.373 e. The third-order valence-electron chi connectivity index (χ3n) is 3.99. The van der Waals surface area contributed by atoms with Crippen molar-refractivity contribution in [3.05, 3.63) is 12.2 Å². The molecule has 1 fully saturated rings. The van der Waals surface area contributed by atoms with Gasteiger partial charge >= 0.3 is 0 Å². The normalized spacial score (nSPS) is 23.6. The molecule has 2 nitrogen and oxygen atoms in total. The lowest BCUT2D eigenvalue weighted by Crippen LogP contribution is -2.26. The Bertz CT molecular complexity index is 327. The second-order valence-electron chi connectivity index (χ2n) is 5.92. The van der Waals surface area contributed by atoms with Gasteiger partial charge in [0.05, 0.1) is 14.1 Å². The predicted octanol–water partition coefficient (Wildman–Crippen LogP) is 5.21. The Kier molecular flexibility index (Phi) is 8.72. The molecule has 0 radical (unpaired) electrons. The number of ether oxygens (including phenoxy) is 1. The lowest BCUT2D eigenvalue weighted by molar-refractivity contribution is -0.127. The summed E-state index contributed by atoms with van der Waals surface area (Å²) >= 11 is 0. The van der Waals surface area contributed by atoms with Gasteiger partial charge in [-0.3, -0.25) is 4.79 Å². The van der Waals surface area contributed by atoms with Crippen molar-refractivity contribution in [1.82, 2.24) is 0 Å². The lowest BCUT2D eigenvalue weighted by Gasteiger charge is -2.23. The molecule has 1 unspecified atom stereocenters. The molecule has 116 valence electrons. The highest BCUT2D eigenvalue weighted by Crippen LogP contribution is 2.21. The van der Waals surface area contributed by atoms with Crippen LogP contribution in [0, 0.1) is 0 Å². The van der Waals surface area contributed by atoms with Crippen molar-refractivity contribution < 1.29 is 10.9 Å². The van der Waals surface area contributed by atoms with Gasteiger partial charge in [-0.25, -0.2) is 0 Å². The number of carbonyl (C=O) groups excluding carboxylic acids is 1. The van der Waals surface area contributed by atoms with E-state index in [1.54, 1.807) is 0 Å². The van der Waals surface area contributed by atoms with Crippen LogP contribution in [0.25, 0.3) is 0 Å². The van der Waals surface area contributed by atoms with Crippen LogP contribution in [0.5, 0.6) is 0 Å². The number of unbranched alkanes of at least 4 members (excludes halogenated alkanes) is 8. The predicted molar refractivity (Wildman–Crippen MR) is 85.0 cm³/mol. The van der Waals surface area contributed by atoms with Crippen LogP contribution >= 0.6 is 0 Å². The molecular weight excluding hydrogens is 248 g/mol. The zero-order valence-electron chi connectivity index (χ0n) is 14.2. The third kappa shape index (κ3) is 7.84. The fraction of sp³-hybridized carbons (Fsp3) is 0.833. The number of rotatable bonds is 11. The van der Waals surface area contributed by atoms with Crippen LogP contribution in [0.3, 0.4) is 0 Å². The molecule has 20 heavy (non-hydrogen) atoms. The summed E-state index contributed by atoms with van der Waals surface area (Å²) in [5, 5.41) is 0. The Hall–Kier alpha value is -0.630. The van der Waals surface area contributed by atoms with E-state index in [4.69, 9.17) is 6.11 Å². The fourth-order valence-electron chi connectivity index (χ4n) is 2.62. The molecule has 0 aromatic carbocycles. The van der Waals surface area contributed by atoms with Gasteiger partial charge in [0, 0.05) is 12.8 Å². The van der Waals surface area contributed by atoms with Crippen molar-refractivity contribution in [1.29, 1.82) is 0 Å². The molecule has 1 aliphatic rings. The van der Waals surface area contributed by atoms with E-state index in [0.717, 1.165) is 18.4 Å². The SMILES string of the molecule is [2H]C1(C(=C)CCCCCCCCCCC)CC(=O)CCO1.